The van der Waals surface area contributed by atoms with Crippen LogP contribution in [0.25, 0.3) is 0 Å². The van der Waals surface area contributed by atoms with Crippen molar-refractivity contribution in [2.75, 3.05) is 0 Å². The quantitative estimate of drug-likeness (QED) is 0.554. The molecule has 0 aromatic heterocycles. The molecule has 1 aliphatic heterocycles. The monoisotopic (exact) mass is 149 g/mol. The Bertz CT molecular complexity index is 75.0. The summed E-state index contributed by atoms with van der Waals surface area (Å²) in [6, 6.07) is 1.49. The normalized spacial score (nSPS) is 42.3. The average molecular weight is 150 g/mol. The Labute approximate surface area is 63.6 Å². The summed E-state index contributed by atoms with van der Waals surface area (Å²) >= 11 is 0. The third kappa shape index (κ3) is 2.15. The first kappa shape index (κ1) is 9.25. The number of rotatable bonds is 0. The zero-order valence-electron chi connectivity index (χ0n) is 6.35. The van der Waals surface area contributed by atoms with E-state index in [0.717, 1.165) is 18.0 Å². The van der Waals surface area contributed by atoms with E-state index in [9.17, 15) is 0 Å². The van der Waals surface area contributed by atoms with Crippen molar-refractivity contribution in [1.82, 2.24) is 5.32 Å². The molecule has 3 unspecified atom stereocenters. The van der Waals surface area contributed by atoms with Crippen LogP contribution >= 0.6 is 12.4 Å². The van der Waals surface area contributed by atoms with Crippen molar-refractivity contribution >= 4 is 12.4 Å². The Morgan fingerprint density at radius 2 is 1.78 bits per heavy atom. The van der Waals surface area contributed by atoms with Gasteiger partial charge < -0.3 is 5.32 Å². The van der Waals surface area contributed by atoms with E-state index in [4.69, 9.17) is 0 Å². The van der Waals surface area contributed by atoms with Crippen molar-refractivity contribution < 1.29 is 0 Å². The Balaban J connectivity index is 0.000000640. The molecule has 56 valence electrons. The molecule has 0 bridgehead atoms. The molecule has 3 atom stereocenters. The second-order valence-corrected chi connectivity index (χ2v) is 3.07. The minimum atomic E-state index is 0. The fraction of sp³-hybridized carbons (Fsp3) is 1.00. The second-order valence-electron chi connectivity index (χ2n) is 3.07. The van der Waals surface area contributed by atoms with Crippen LogP contribution in [0.5, 0.6) is 0 Å². The maximum Gasteiger partial charge on any atom is 0.00674 e. The fourth-order valence-electron chi connectivity index (χ4n) is 1.44. The third-order valence-corrected chi connectivity index (χ3v) is 2.13. The van der Waals surface area contributed by atoms with Gasteiger partial charge in [-0.2, -0.15) is 0 Å². The van der Waals surface area contributed by atoms with Crippen LogP contribution in [0.4, 0.5) is 0 Å². The molecule has 1 aliphatic rings. The van der Waals surface area contributed by atoms with Crippen LogP contribution in [-0.4, -0.2) is 12.1 Å². The van der Waals surface area contributed by atoms with Gasteiger partial charge in [0.15, 0.2) is 0 Å². The number of hydrogen-bond acceptors (Lipinski definition) is 1. The average Bonchev–Trinajstić information content (AvgIpc) is 1.85. The maximum atomic E-state index is 3.47. The molecule has 1 nitrogen and oxygen atoms in total. The van der Waals surface area contributed by atoms with Gasteiger partial charge in [-0.05, 0) is 26.2 Å². The first-order valence-corrected chi connectivity index (χ1v) is 3.46. The van der Waals surface area contributed by atoms with Gasteiger partial charge in [-0.15, -0.1) is 12.4 Å². The van der Waals surface area contributed by atoms with E-state index in [0.29, 0.717) is 0 Å². The van der Waals surface area contributed by atoms with Crippen LogP contribution in [0.2, 0.25) is 0 Å². The Morgan fingerprint density at radius 3 is 1.89 bits per heavy atom. The van der Waals surface area contributed by atoms with E-state index >= 15 is 0 Å². The minimum absolute atomic E-state index is 0. The number of nitrogens with one attached hydrogen (secondary N) is 1. The largest absolute Gasteiger partial charge is 0.312 e. The lowest BCUT2D eigenvalue weighted by atomic mass is 10.0. The van der Waals surface area contributed by atoms with Gasteiger partial charge in [-0.3, -0.25) is 0 Å². The second kappa shape index (κ2) is 3.43. The highest BCUT2D eigenvalue weighted by Gasteiger charge is 2.23. The van der Waals surface area contributed by atoms with Crippen molar-refractivity contribution in [1.29, 1.82) is 0 Å². The SMILES string of the molecule is CC1CC(C)C(C)N1.Cl. The van der Waals surface area contributed by atoms with Crippen molar-refractivity contribution in [3.05, 3.63) is 0 Å². The van der Waals surface area contributed by atoms with Crippen molar-refractivity contribution in [3.8, 4) is 0 Å². The lowest BCUT2D eigenvalue weighted by molar-refractivity contribution is 0.518. The highest BCUT2D eigenvalue weighted by Crippen LogP contribution is 2.18. The lowest BCUT2D eigenvalue weighted by Gasteiger charge is -2.06. The molecule has 2 heteroatoms. The molecule has 0 aliphatic carbocycles. The molecule has 9 heavy (non-hydrogen) atoms. The Kier molecular flexibility index (Phi) is 3.52. The van der Waals surface area contributed by atoms with E-state index in [1.807, 2.05) is 0 Å². The molecule has 1 rings (SSSR count). The van der Waals surface area contributed by atoms with Gasteiger partial charge in [0.2, 0.25) is 0 Å². The van der Waals surface area contributed by atoms with Crippen LogP contribution in [-0.2, 0) is 0 Å². The van der Waals surface area contributed by atoms with Crippen molar-refractivity contribution in [2.45, 2.75) is 39.3 Å². The van der Waals surface area contributed by atoms with Gasteiger partial charge in [0.05, 0.1) is 0 Å². The summed E-state index contributed by atoms with van der Waals surface area (Å²) in [5, 5.41) is 3.47. The van der Waals surface area contributed by atoms with Gasteiger partial charge in [-0.1, -0.05) is 6.92 Å². The van der Waals surface area contributed by atoms with E-state index in [2.05, 4.69) is 26.1 Å². The summed E-state index contributed by atoms with van der Waals surface area (Å²) in [5.41, 5.74) is 0. The third-order valence-electron chi connectivity index (χ3n) is 2.13. The standard InChI is InChI=1S/C7H15N.ClH/c1-5-4-6(2)8-7(5)3;/h5-8H,4H2,1-3H3;1H. The molecule has 0 radical (unpaired) electrons. The lowest BCUT2D eigenvalue weighted by Crippen LogP contribution is -2.25. The zero-order valence-corrected chi connectivity index (χ0v) is 7.16. The summed E-state index contributed by atoms with van der Waals surface area (Å²) < 4.78 is 0. The van der Waals surface area contributed by atoms with Gasteiger partial charge in [0, 0.05) is 12.1 Å². The van der Waals surface area contributed by atoms with Crippen LogP contribution in [0.15, 0.2) is 0 Å². The van der Waals surface area contributed by atoms with Crippen molar-refractivity contribution in [3.63, 3.8) is 0 Å². The number of halogens is 1. The topological polar surface area (TPSA) is 12.0 Å². The maximum absolute atomic E-state index is 3.47. The van der Waals surface area contributed by atoms with Gasteiger partial charge in [0.1, 0.15) is 0 Å². The van der Waals surface area contributed by atoms with Crippen LogP contribution in [0.1, 0.15) is 27.2 Å². The van der Waals surface area contributed by atoms with Crippen LogP contribution in [0.3, 0.4) is 0 Å². The van der Waals surface area contributed by atoms with Crippen LogP contribution in [0, 0.1) is 5.92 Å². The number of hydrogen-bond donors (Lipinski definition) is 1. The molecule has 0 spiro atoms. The molecule has 1 heterocycles. The predicted molar refractivity (Wildman–Crippen MR) is 43.1 cm³/mol. The van der Waals surface area contributed by atoms with Crippen molar-refractivity contribution in [2.24, 2.45) is 5.92 Å². The van der Waals surface area contributed by atoms with E-state index in [1.165, 1.54) is 6.42 Å². The molecule has 0 amide bonds. The predicted octanol–water partition coefficient (Wildman–Crippen LogP) is 1.81. The van der Waals surface area contributed by atoms with Crippen LogP contribution < -0.4 is 5.32 Å². The molecular weight excluding hydrogens is 134 g/mol. The summed E-state index contributed by atoms with van der Waals surface area (Å²) in [6.45, 7) is 6.81. The Hall–Kier alpha value is 0.250. The highest BCUT2D eigenvalue weighted by atomic mass is 35.5. The van der Waals surface area contributed by atoms with E-state index in [1.54, 1.807) is 0 Å². The first-order valence-electron chi connectivity index (χ1n) is 3.46. The summed E-state index contributed by atoms with van der Waals surface area (Å²) in [4.78, 5) is 0. The highest BCUT2D eigenvalue weighted by molar-refractivity contribution is 5.85. The molecule has 1 fully saturated rings. The molecule has 0 aromatic rings. The fourth-order valence-corrected chi connectivity index (χ4v) is 1.44. The van der Waals surface area contributed by atoms with Gasteiger partial charge in [0.25, 0.3) is 0 Å². The van der Waals surface area contributed by atoms with Gasteiger partial charge in [-0.25, -0.2) is 0 Å². The van der Waals surface area contributed by atoms with E-state index < -0.39 is 0 Å². The molecule has 1 N–H and O–H groups in total. The molecule has 0 saturated carbocycles. The first-order chi connectivity index (χ1) is 3.70. The minimum Gasteiger partial charge on any atom is -0.312 e. The summed E-state index contributed by atoms with van der Waals surface area (Å²) in [5.74, 6) is 0.880. The Morgan fingerprint density at radius 1 is 1.22 bits per heavy atom. The van der Waals surface area contributed by atoms with Gasteiger partial charge >= 0.3 is 0 Å². The molecular formula is C7H16ClN. The summed E-state index contributed by atoms with van der Waals surface area (Å²) in [7, 11) is 0. The molecule has 0 aromatic carbocycles. The summed E-state index contributed by atoms with van der Waals surface area (Å²) in [6.07, 6.45) is 1.35. The smallest absolute Gasteiger partial charge is 0.00674 e. The molecule has 1 saturated heterocycles. The zero-order chi connectivity index (χ0) is 6.15. The van der Waals surface area contributed by atoms with E-state index in [-0.39, 0.29) is 12.4 Å².